The monoisotopic (exact) mass is 751 g/mol. The van der Waals surface area contributed by atoms with Gasteiger partial charge in [-0.15, -0.1) is 10.2 Å². The zero-order valence-corrected chi connectivity index (χ0v) is 28.8. The minimum absolute atomic E-state index is 0.0319. The number of anilines is 1. The number of aromatic hydroxyl groups is 1. The van der Waals surface area contributed by atoms with Crippen molar-refractivity contribution in [2.24, 2.45) is 0 Å². The van der Waals surface area contributed by atoms with Crippen LogP contribution in [0.2, 0.25) is 0 Å². The fraction of sp³-hybridized carbons (Fsp3) is 0.147. The normalized spacial score (nSPS) is 15.4. The van der Waals surface area contributed by atoms with Gasteiger partial charge in [-0.25, -0.2) is 4.39 Å². The molecule has 0 aliphatic carbocycles. The van der Waals surface area contributed by atoms with Gasteiger partial charge in [-0.05, 0) is 68.5 Å². The van der Waals surface area contributed by atoms with Crippen molar-refractivity contribution >= 4 is 78.4 Å². The van der Waals surface area contributed by atoms with E-state index in [9.17, 15) is 24.2 Å². The van der Waals surface area contributed by atoms with Gasteiger partial charge in [0.25, 0.3) is 11.8 Å². The first-order valence-electron chi connectivity index (χ1n) is 14.2. The zero-order chi connectivity index (χ0) is 34.7. The molecule has 2 heterocycles. The Morgan fingerprint density at radius 2 is 1.77 bits per heavy atom. The highest BCUT2D eigenvalue weighted by Gasteiger charge is 2.48. The maximum atomic E-state index is 14.5. The van der Waals surface area contributed by atoms with Crippen LogP contribution in [-0.4, -0.2) is 50.3 Å². The van der Waals surface area contributed by atoms with Gasteiger partial charge >= 0.3 is 5.91 Å². The molecule has 1 aliphatic rings. The highest BCUT2D eigenvalue weighted by molar-refractivity contribution is 9.10. The van der Waals surface area contributed by atoms with Gasteiger partial charge in [-0.3, -0.25) is 19.3 Å². The Morgan fingerprint density at radius 1 is 1.06 bits per heavy atom. The van der Waals surface area contributed by atoms with Crippen LogP contribution in [0.4, 0.5) is 9.52 Å². The van der Waals surface area contributed by atoms with Crippen LogP contribution < -0.4 is 9.64 Å². The smallest absolute Gasteiger partial charge is 0.301 e. The van der Waals surface area contributed by atoms with Gasteiger partial charge in [-0.2, -0.15) is 0 Å². The quantitative estimate of drug-likeness (QED) is 0.0498. The number of aliphatic hydroxyl groups excluding tert-OH is 1. The number of carbonyl (C=O) groups excluding carboxylic acids is 2. The molecule has 1 aliphatic heterocycles. The number of fused-ring (bicyclic) bond motifs is 1. The van der Waals surface area contributed by atoms with Crippen LogP contribution >= 0.6 is 39.0 Å². The third-order valence-corrected chi connectivity index (χ3v) is 10.0. The molecule has 48 heavy (non-hydrogen) atoms. The van der Waals surface area contributed by atoms with Crippen LogP contribution in [0.1, 0.15) is 35.2 Å². The lowest BCUT2D eigenvalue weighted by Gasteiger charge is -2.23. The number of benzene rings is 4. The second-order valence-corrected chi connectivity index (χ2v) is 13.5. The fourth-order valence-corrected chi connectivity index (χ4v) is 7.40. The van der Waals surface area contributed by atoms with Crippen LogP contribution in [-0.2, 0) is 20.1 Å². The summed E-state index contributed by atoms with van der Waals surface area (Å²) in [6.07, 6.45) is 0. The number of rotatable bonds is 7. The Morgan fingerprint density at radius 3 is 2.48 bits per heavy atom. The van der Waals surface area contributed by atoms with Crippen molar-refractivity contribution in [3.63, 3.8) is 0 Å². The summed E-state index contributed by atoms with van der Waals surface area (Å²) in [5.41, 5.74) is 1.56. The number of nitrogens with zero attached hydrogens (tertiary/aromatic N) is 3. The van der Waals surface area contributed by atoms with E-state index < -0.39 is 35.3 Å². The Kier molecular flexibility index (Phi) is 10.5. The van der Waals surface area contributed by atoms with E-state index in [1.165, 1.54) is 43.1 Å². The first kappa shape index (κ1) is 34.5. The van der Waals surface area contributed by atoms with Gasteiger partial charge in [-0.1, -0.05) is 77.7 Å². The number of aliphatic carboxylic acids is 1. The molecule has 5 aromatic rings. The maximum absolute atomic E-state index is 14.5. The highest BCUT2D eigenvalue weighted by Crippen LogP contribution is 2.47. The number of carboxylic acids is 1. The van der Waals surface area contributed by atoms with Crippen LogP contribution in [0.3, 0.4) is 0 Å². The van der Waals surface area contributed by atoms with Gasteiger partial charge in [0, 0.05) is 18.2 Å². The molecule has 246 valence electrons. The summed E-state index contributed by atoms with van der Waals surface area (Å²) in [5, 5.41) is 40.1. The minimum atomic E-state index is -1.19. The number of carbonyl (C=O) groups is 3. The molecule has 1 saturated heterocycles. The number of hydrogen-bond donors (Lipinski definition) is 3. The molecule has 14 heteroatoms. The van der Waals surface area contributed by atoms with Gasteiger partial charge in [0.15, 0.2) is 15.8 Å². The number of amides is 1. The summed E-state index contributed by atoms with van der Waals surface area (Å²) in [6.45, 7) is 2.66. The number of hydrogen-bond acceptors (Lipinski definition) is 10. The number of halogens is 2. The van der Waals surface area contributed by atoms with E-state index in [4.69, 9.17) is 14.6 Å². The molecular formula is C34H27BrFN3O7S2. The molecule has 0 saturated carbocycles. The van der Waals surface area contributed by atoms with Crippen molar-refractivity contribution in [1.82, 2.24) is 10.2 Å². The molecule has 0 radical (unpaired) electrons. The number of aliphatic hydroxyl groups is 1. The van der Waals surface area contributed by atoms with Gasteiger partial charge in [0.1, 0.15) is 11.6 Å². The largest absolute Gasteiger partial charge is 0.507 e. The topological polar surface area (TPSA) is 150 Å². The minimum Gasteiger partial charge on any atom is -0.507 e. The van der Waals surface area contributed by atoms with E-state index >= 15 is 0 Å². The van der Waals surface area contributed by atoms with Crippen molar-refractivity contribution in [2.45, 2.75) is 30.0 Å². The summed E-state index contributed by atoms with van der Waals surface area (Å²) < 4.78 is 20.6. The van der Waals surface area contributed by atoms with E-state index in [-0.39, 0.29) is 32.2 Å². The molecular weight excluding hydrogens is 725 g/mol. The molecule has 3 N–H and O–H groups in total. The number of carboxylic acid groups (broad SMARTS) is 1. The number of Topliss-reactive ketones (excluding diaryl/α,β-unsaturated/α-hetero) is 1. The van der Waals surface area contributed by atoms with Crippen molar-refractivity contribution in [2.75, 3.05) is 12.0 Å². The lowest BCUT2D eigenvalue weighted by Crippen LogP contribution is -2.29. The Labute approximate surface area is 290 Å². The number of phenols is 1. The van der Waals surface area contributed by atoms with E-state index in [0.29, 0.717) is 21.2 Å². The van der Waals surface area contributed by atoms with Crippen molar-refractivity contribution in [3.05, 3.63) is 111 Å². The summed E-state index contributed by atoms with van der Waals surface area (Å²) in [7, 11) is 1.36. The first-order valence-corrected chi connectivity index (χ1v) is 16.8. The van der Waals surface area contributed by atoms with Crippen LogP contribution in [0.15, 0.2) is 87.2 Å². The molecule has 1 unspecified atom stereocenters. The van der Waals surface area contributed by atoms with Gasteiger partial charge in [0.2, 0.25) is 5.13 Å². The standard InChI is InChI=1S/C32H23BrFN3O5S2.C2H4O2/c1-16-10-11-18(13-23(16)34)27(38)25-26(20-12-22(33)28(39)24(14-20)42-2)37(30(41)29(25)40)31-35-36-32(44-31)43-15-19-8-5-7-17-6-3-4-9-21(17)19;1-2(3)4/h3-14,26,38-39H,15H2,1-2H3;1H3,(H,3,4)/b27-25+;. The van der Waals surface area contributed by atoms with Gasteiger partial charge in [0.05, 0.1) is 23.2 Å². The van der Waals surface area contributed by atoms with E-state index in [0.717, 1.165) is 45.6 Å². The Bertz CT molecular complexity index is 2090. The molecule has 1 aromatic heterocycles. The van der Waals surface area contributed by atoms with E-state index in [1.54, 1.807) is 6.92 Å². The Balaban J connectivity index is 0.00000107. The average Bonchev–Trinajstić information content (AvgIpc) is 3.63. The van der Waals surface area contributed by atoms with E-state index in [2.05, 4.69) is 32.2 Å². The SMILES string of the molecule is CC(=O)O.COc1cc(C2/C(=C(\O)c3ccc(C)c(F)c3)C(=O)C(=O)N2c2nnc(SCc3cccc4ccccc34)s2)cc(Br)c1O. The van der Waals surface area contributed by atoms with Crippen molar-refractivity contribution < 1.29 is 38.8 Å². The third-order valence-electron chi connectivity index (χ3n) is 7.31. The van der Waals surface area contributed by atoms with Crippen molar-refractivity contribution in [3.8, 4) is 11.5 Å². The zero-order valence-electron chi connectivity index (χ0n) is 25.6. The number of aryl methyl sites for hydroxylation is 1. The number of aromatic nitrogens is 2. The summed E-state index contributed by atoms with van der Waals surface area (Å²) in [5.74, 6) is -3.38. The summed E-state index contributed by atoms with van der Waals surface area (Å²) in [6, 6.07) is 20.0. The number of ketones is 1. The van der Waals surface area contributed by atoms with Crippen molar-refractivity contribution in [1.29, 1.82) is 0 Å². The molecule has 0 spiro atoms. The Hall–Kier alpha value is -4.79. The number of phenolic OH excluding ortho intramolecular Hbond substituents is 1. The highest BCUT2D eigenvalue weighted by atomic mass is 79.9. The lowest BCUT2D eigenvalue weighted by molar-refractivity contribution is -0.134. The van der Waals surface area contributed by atoms with Crippen LogP contribution in [0.25, 0.3) is 16.5 Å². The fourth-order valence-electron chi connectivity index (χ4n) is 5.06. The molecule has 1 atom stereocenters. The predicted octanol–water partition coefficient (Wildman–Crippen LogP) is 7.63. The average molecular weight is 753 g/mol. The molecule has 1 amide bonds. The maximum Gasteiger partial charge on any atom is 0.301 e. The molecule has 10 nitrogen and oxygen atoms in total. The predicted molar refractivity (Wildman–Crippen MR) is 185 cm³/mol. The third kappa shape index (κ3) is 7.05. The number of thioether (sulfide) groups is 1. The van der Waals surface area contributed by atoms with E-state index in [1.807, 2.05) is 36.4 Å². The molecule has 6 rings (SSSR count). The molecule has 0 bridgehead atoms. The second kappa shape index (κ2) is 14.5. The summed E-state index contributed by atoms with van der Waals surface area (Å²) in [4.78, 5) is 37.3. The molecule has 4 aromatic carbocycles. The number of methoxy groups -OCH3 is 1. The number of ether oxygens (including phenoxy) is 1. The van der Waals surface area contributed by atoms with Crippen LogP contribution in [0, 0.1) is 12.7 Å². The lowest BCUT2D eigenvalue weighted by atomic mass is 9.94. The van der Waals surface area contributed by atoms with Crippen LogP contribution in [0.5, 0.6) is 11.5 Å². The second-order valence-electron chi connectivity index (χ2n) is 10.5. The van der Waals surface area contributed by atoms with Gasteiger partial charge < -0.3 is 20.1 Å². The first-order chi connectivity index (χ1) is 22.9. The molecule has 1 fully saturated rings. The summed E-state index contributed by atoms with van der Waals surface area (Å²) >= 11 is 5.87.